The first-order chi connectivity index (χ1) is 7.99. The van der Waals surface area contributed by atoms with E-state index >= 15 is 0 Å². The Balaban J connectivity index is 2.30. The molecule has 2 rings (SSSR count). The summed E-state index contributed by atoms with van der Waals surface area (Å²) in [6.07, 6.45) is 1.01. The summed E-state index contributed by atoms with van der Waals surface area (Å²) in [4.78, 5) is 15.4. The molecule has 5 nitrogen and oxygen atoms in total. The van der Waals surface area contributed by atoms with E-state index in [9.17, 15) is 4.79 Å². The van der Waals surface area contributed by atoms with Crippen LogP contribution >= 0.6 is 0 Å². The van der Waals surface area contributed by atoms with E-state index in [1.165, 1.54) is 0 Å². The number of aromatic nitrogens is 1. The Bertz CT molecular complexity index is 424. The number of hydrogen-bond donors (Lipinski definition) is 1. The van der Waals surface area contributed by atoms with Crippen molar-refractivity contribution in [1.82, 2.24) is 4.98 Å². The lowest BCUT2D eigenvalue weighted by Gasteiger charge is -2.00. The highest BCUT2D eigenvalue weighted by Gasteiger charge is 2.31. The van der Waals surface area contributed by atoms with E-state index in [1.807, 2.05) is 20.8 Å². The predicted octanol–water partition coefficient (Wildman–Crippen LogP) is 2.39. The summed E-state index contributed by atoms with van der Waals surface area (Å²) in [6.45, 7) is 6.35. The molecule has 1 N–H and O–H groups in total. The van der Waals surface area contributed by atoms with Gasteiger partial charge in [0, 0.05) is 0 Å². The largest absolute Gasteiger partial charge is 0.475 e. The summed E-state index contributed by atoms with van der Waals surface area (Å²) >= 11 is 0. The minimum atomic E-state index is -1.06. The van der Waals surface area contributed by atoms with Crippen molar-refractivity contribution in [1.29, 1.82) is 0 Å². The van der Waals surface area contributed by atoms with Crippen LogP contribution < -0.4 is 0 Å². The number of carbonyl (C=O) groups is 1. The van der Waals surface area contributed by atoms with E-state index in [4.69, 9.17) is 14.3 Å². The first kappa shape index (κ1) is 12.1. The van der Waals surface area contributed by atoms with Crippen LogP contribution in [0.15, 0.2) is 4.42 Å². The average molecular weight is 239 g/mol. The Hall–Kier alpha value is -1.36. The van der Waals surface area contributed by atoms with Crippen LogP contribution in [-0.2, 0) is 4.74 Å². The molecule has 2 unspecified atom stereocenters. The fourth-order valence-electron chi connectivity index (χ4n) is 2.06. The Labute approximate surface area is 99.8 Å². The van der Waals surface area contributed by atoms with Crippen molar-refractivity contribution in [3.05, 3.63) is 17.3 Å². The van der Waals surface area contributed by atoms with Gasteiger partial charge >= 0.3 is 5.97 Å². The lowest BCUT2D eigenvalue weighted by molar-refractivity contribution is 0.0656. The summed E-state index contributed by atoms with van der Waals surface area (Å²) in [5.41, 5.74) is 0.520. The molecular weight excluding hydrogens is 222 g/mol. The fraction of sp³-hybridized carbons (Fsp3) is 0.667. The second-order valence-electron chi connectivity index (χ2n) is 4.80. The van der Waals surface area contributed by atoms with Gasteiger partial charge in [0.2, 0.25) is 11.7 Å². The summed E-state index contributed by atoms with van der Waals surface area (Å²) in [7, 11) is 0. The van der Waals surface area contributed by atoms with Gasteiger partial charge in [-0.05, 0) is 19.3 Å². The van der Waals surface area contributed by atoms with Crippen LogP contribution in [0.2, 0.25) is 0 Å². The molecule has 0 bridgehead atoms. The minimum Gasteiger partial charge on any atom is -0.475 e. The predicted molar refractivity (Wildman–Crippen MR) is 60.3 cm³/mol. The second-order valence-corrected chi connectivity index (χ2v) is 4.80. The maximum atomic E-state index is 11.1. The quantitative estimate of drug-likeness (QED) is 0.876. The maximum Gasteiger partial charge on any atom is 0.373 e. The van der Waals surface area contributed by atoms with Crippen molar-refractivity contribution in [2.24, 2.45) is 0 Å². The van der Waals surface area contributed by atoms with Crippen LogP contribution in [0.3, 0.4) is 0 Å². The van der Waals surface area contributed by atoms with Gasteiger partial charge in [-0.3, -0.25) is 0 Å². The Morgan fingerprint density at radius 1 is 1.53 bits per heavy atom. The van der Waals surface area contributed by atoms with Crippen LogP contribution in [-0.4, -0.2) is 28.8 Å². The zero-order valence-corrected chi connectivity index (χ0v) is 10.3. The van der Waals surface area contributed by atoms with Gasteiger partial charge in [0.25, 0.3) is 0 Å². The van der Waals surface area contributed by atoms with Gasteiger partial charge in [-0.15, -0.1) is 0 Å². The molecule has 2 atom stereocenters. The third kappa shape index (κ3) is 2.34. The van der Waals surface area contributed by atoms with Crippen molar-refractivity contribution in [2.75, 3.05) is 6.61 Å². The molecule has 1 aromatic rings. The molecule has 1 fully saturated rings. The standard InChI is InChI=1S/C12H17NO4/c1-6(2)9-10(12(14)15)17-11(13-9)8-4-7(3)16-5-8/h6-8H,4-5H2,1-3H3,(H,14,15). The molecule has 2 heterocycles. The Kier molecular flexibility index (Phi) is 3.19. The number of hydrogen-bond acceptors (Lipinski definition) is 4. The summed E-state index contributed by atoms with van der Waals surface area (Å²) in [5.74, 6) is -0.474. The number of nitrogens with zero attached hydrogens (tertiary/aromatic N) is 1. The topological polar surface area (TPSA) is 72.6 Å². The van der Waals surface area contributed by atoms with Gasteiger partial charge in [-0.25, -0.2) is 9.78 Å². The molecule has 94 valence electrons. The van der Waals surface area contributed by atoms with Crippen LogP contribution in [0.25, 0.3) is 0 Å². The SMILES string of the molecule is CC1CC(c2nc(C(C)C)c(C(=O)O)o2)CO1. The third-order valence-electron chi connectivity index (χ3n) is 2.96. The second kappa shape index (κ2) is 4.49. The Morgan fingerprint density at radius 2 is 2.24 bits per heavy atom. The monoisotopic (exact) mass is 239 g/mol. The molecule has 0 aliphatic carbocycles. The van der Waals surface area contributed by atoms with Crippen LogP contribution in [0.5, 0.6) is 0 Å². The molecule has 17 heavy (non-hydrogen) atoms. The Morgan fingerprint density at radius 3 is 2.65 bits per heavy atom. The van der Waals surface area contributed by atoms with E-state index in [1.54, 1.807) is 0 Å². The lowest BCUT2D eigenvalue weighted by atomic mass is 10.1. The highest BCUT2D eigenvalue weighted by Crippen LogP contribution is 2.31. The van der Waals surface area contributed by atoms with E-state index in [2.05, 4.69) is 4.98 Å². The molecule has 0 saturated carbocycles. The molecule has 1 aliphatic heterocycles. The van der Waals surface area contributed by atoms with Crippen molar-refractivity contribution in [3.63, 3.8) is 0 Å². The highest BCUT2D eigenvalue weighted by atomic mass is 16.5. The molecule has 1 aromatic heterocycles. The van der Waals surface area contributed by atoms with Crippen LogP contribution in [0.4, 0.5) is 0 Å². The summed E-state index contributed by atoms with van der Waals surface area (Å²) in [6, 6.07) is 0. The molecular formula is C12H17NO4. The number of carboxylic acids is 1. The minimum absolute atomic E-state index is 0.0328. The highest BCUT2D eigenvalue weighted by molar-refractivity contribution is 5.85. The van der Waals surface area contributed by atoms with E-state index < -0.39 is 5.97 Å². The van der Waals surface area contributed by atoms with Gasteiger partial charge in [0.1, 0.15) is 0 Å². The van der Waals surface area contributed by atoms with Gasteiger partial charge in [-0.2, -0.15) is 0 Å². The smallest absolute Gasteiger partial charge is 0.373 e. The van der Waals surface area contributed by atoms with Crippen molar-refractivity contribution in [3.8, 4) is 0 Å². The van der Waals surface area contributed by atoms with Gasteiger partial charge in [0.15, 0.2) is 0 Å². The molecule has 0 spiro atoms. The number of rotatable bonds is 3. The molecule has 0 amide bonds. The first-order valence-corrected chi connectivity index (χ1v) is 5.84. The molecule has 0 radical (unpaired) electrons. The van der Waals surface area contributed by atoms with E-state index in [0.29, 0.717) is 18.2 Å². The van der Waals surface area contributed by atoms with Crippen molar-refractivity contribution < 1.29 is 19.1 Å². The van der Waals surface area contributed by atoms with Crippen molar-refractivity contribution in [2.45, 2.75) is 45.1 Å². The molecule has 0 aromatic carbocycles. The zero-order chi connectivity index (χ0) is 12.6. The number of ether oxygens (including phenoxy) is 1. The van der Waals surface area contributed by atoms with Gasteiger partial charge < -0.3 is 14.3 Å². The fourth-order valence-corrected chi connectivity index (χ4v) is 2.06. The maximum absolute atomic E-state index is 11.1. The van der Waals surface area contributed by atoms with Crippen molar-refractivity contribution >= 4 is 5.97 Å². The van der Waals surface area contributed by atoms with Crippen LogP contribution in [0.1, 0.15) is 61.2 Å². The molecule has 5 heteroatoms. The number of carboxylic acid groups (broad SMARTS) is 1. The summed E-state index contributed by atoms with van der Waals surface area (Å²) < 4.78 is 10.8. The van der Waals surface area contributed by atoms with Crippen LogP contribution in [0, 0.1) is 0 Å². The first-order valence-electron chi connectivity index (χ1n) is 5.84. The van der Waals surface area contributed by atoms with Gasteiger partial charge in [-0.1, -0.05) is 13.8 Å². The zero-order valence-electron chi connectivity index (χ0n) is 10.3. The van der Waals surface area contributed by atoms with Gasteiger partial charge in [0.05, 0.1) is 24.3 Å². The molecule has 1 aliphatic rings. The molecule has 1 saturated heterocycles. The van der Waals surface area contributed by atoms with E-state index in [0.717, 1.165) is 6.42 Å². The third-order valence-corrected chi connectivity index (χ3v) is 2.96. The lowest BCUT2D eigenvalue weighted by Crippen LogP contribution is -2.01. The number of aromatic carboxylic acids is 1. The number of oxazole rings is 1. The normalized spacial score (nSPS) is 24.5. The summed E-state index contributed by atoms with van der Waals surface area (Å²) in [5, 5.41) is 9.06. The average Bonchev–Trinajstić information content (AvgIpc) is 2.82. The van der Waals surface area contributed by atoms with E-state index in [-0.39, 0.29) is 23.7 Å².